The second kappa shape index (κ2) is 12.7. The molecule has 1 saturated heterocycles. The van der Waals surface area contributed by atoms with Crippen molar-refractivity contribution in [3.05, 3.63) is 52.7 Å². The zero-order valence-electron chi connectivity index (χ0n) is 25.5. The molecule has 2 aromatic carbocycles. The molecule has 2 aliphatic rings. The summed E-state index contributed by atoms with van der Waals surface area (Å²) in [5, 5.41) is 9.60. The second-order valence-electron chi connectivity index (χ2n) is 13.2. The van der Waals surface area contributed by atoms with Crippen LogP contribution in [0.2, 0.25) is 0 Å². The first-order chi connectivity index (χ1) is 20.1. The van der Waals surface area contributed by atoms with E-state index in [-0.39, 0.29) is 11.4 Å². The first kappa shape index (κ1) is 30.4. The van der Waals surface area contributed by atoms with Crippen LogP contribution in [0.15, 0.2) is 41.5 Å². The van der Waals surface area contributed by atoms with Crippen LogP contribution in [0.3, 0.4) is 0 Å². The van der Waals surface area contributed by atoms with E-state index in [1.807, 2.05) is 13.8 Å². The fourth-order valence-corrected chi connectivity index (χ4v) is 7.24. The Kier molecular flexibility index (Phi) is 9.20. The van der Waals surface area contributed by atoms with E-state index in [1.165, 1.54) is 59.8 Å². The molecule has 0 unspecified atom stereocenters. The Bertz CT molecular complexity index is 1440. The number of hydrogen-bond donors (Lipinski definition) is 3. The average molecular weight is 591 g/mol. The SMILES string of the molecule is CC(C)(CNC(=O)c1nc(CC2CCCCC2)c(-c2ccc(CN3CCOCC3(C)C)c3ccccc23)s1)/C(N)=N/N. The molecule has 1 aliphatic carbocycles. The number of nitrogens with two attached hydrogens (primary N) is 2. The molecule has 0 spiro atoms. The Hall–Kier alpha value is -3.01. The van der Waals surface area contributed by atoms with Crippen LogP contribution in [0.4, 0.5) is 0 Å². The molecular weight excluding hydrogens is 544 g/mol. The third-order valence-corrected chi connectivity index (χ3v) is 10.2. The number of aromatic nitrogens is 1. The Morgan fingerprint density at radius 1 is 1.17 bits per heavy atom. The van der Waals surface area contributed by atoms with E-state index in [2.05, 4.69) is 65.6 Å². The summed E-state index contributed by atoms with van der Waals surface area (Å²) in [5.74, 6) is 6.11. The van der Waals surface area contributed by atoms with Gasteiger partial charge in [0.15, 0.2) is 5.01 Å². The van der Waals surface area contributed by atoms with Gasteiger partial charge in [-0.25, -0.2) is 4.98 Å². The maximum atomic E-state index is 13.4. The molecule has 5 rings (SSSR count). The fraction of sp³-hybridized carbons (Fsp3) is 0.545. The molecule has 226 valence electrons. The van der Waals surface area contributed by atoms with Gasteiger partial charge in [0.25, 0.3) is 5.91 Å². The Morgan fingerprint density at radius 2 is 1.90 bits per heavy atom. The minimum atomic E-state index is -0.559. The van der Waals surface area contributed by atoms with Gasteiger partial charge in [0, 0.05) is 36.2 Å². The van der Waals surface area contributed by atoms with Gasteiger partial charge in [0.2, 0.25) is 0 Å². The molecule has 1 amide bonds. The molecule has 2 fully saturated rings. The molecule has 3 aromatic rings. The highest BCUT2D eigenvalue weighted by molar-refractivity contribution is 7.17. The predicted molar refractivity (Wildman–Crippen MR) is 173 cm³/mol. The van der Waals surface area contributed by atoms with E-state index in [1.54, 1.807) is 0 Å². The number of amidine groups is 1. The number of rotatable bonds is 9. The van der Waals surface area contributed by atoms with Crippen molar-refractivity contribution in [2.75, 3.05) is 26.3 Å². The molecule has 42 heavy (non-hydrogen) atoms. The predicted octanol–water partition coefficient (Wildman–Crippen LogP) is 5.68. The standard InChI is InChI=1S/C33H46N6O2S/c1-32(2,31(34)38-35)20-36-29(40)30-37-27(18-22-10-6-5-7-11-22)28(42-30)26-15-14-23(24-12-8-9-13-25(24)26)19-39-16-17-41-21-33(39,3)4/h8-9,12-15,22H,5-7,10-11,16-21,35H2,1-4H3,(H2,34,38)(H,36,40). The number of morpholine rings is 1. The highest BCUT2D eigenvalue weighted by Crippen LogP contribution is 2.40. The molecule has 0 radical (unpaired) electrons. The molecule has 1 aromatic heterocycles. The van der Waals surface area contributed by atoms with Crippen molar-refractivity contribution in [1.82, 2.24) is 15.2 Å². The van der Waals surface area contributed by atoms with E-state index in [4.69, 9.17) is 21.3 Å². The second-order valence-corrected chi connectivity index (χ2v) is 14.2. The maximum Gasteiger partial charge on any atom is 0.280 e. The summed E-state index contributed by atoms with van der Waals surface area (Å²) in [5.41, 5.74) is 8.89. The monoisotopic (exact) mass is 590 g/mol. The minimum Gasteiger partial charge on any atom is -0.385 e. The minimum absolute atomic E-state index is 0.0135. The lowest BCUT2D eigenvalue weighted by Gasteiger charge is -2.42. The third kappa shape index (κ3) is 6.63. The number of carbonyl (C=O) groups is 1. The van der Waals surface area contributed by atoms with Crippen molar-refractivity contribution >= 4 is 33.9 Å². The molecule has 2 heterocycles. The summed E-state index contributed by atoms with van der Waals surface area (Å²) < 4.78 is 5.77. The fourth-order valence-electron chi connectivity index (χ4n) is 6.19. The number of hydrogen-bond acceptors (Lipinski definition) is 7. The lowest BCUT2D eigenvalue weighted by molar-refractivity contribution is -0.0551. The highest BCUT2D eigenvalue weighted by atomic mass is 32.1. The number of benzene rings is 2. The Morgan fingerprint density at radius 3 is 2.62 bits per heavy atom. The molecular formula is C33H46N6O2S. The van der Waals surface area contributed by atoms with Gasteiger partial charge in [-0.15, -0.1) is 11.3 Å². The Balaban J connectivity index is 1.50. The summed E-state index contributed by atoms with van der Waals surface area (Å²) in [6.45, 7) is 11.9. The van der Waals surface area contributed by atoms with Crippen molar-refractivity contribution in [2.45, 2.75) is 78.3 Å². The number of carbonyl (C=O) groups excluding carboxylic acids is 1. The van der Waals surface area contributed by atoms with Gasteiger partial charge < -0.3 is 21.6 Å². The van der Waals surface area contributed by atoms with Gasteiger partial charge in [-0.2, -0.15) is 5.10 Å². The van der Waals surface area contributed by atoms with Crippen molar-refractivity contribution in [3.8, 4) is 10.4 Å². The third-order valence-electron chi connectivity index (χ3n) is 9.06. The molecule has 1 saturated carbocycles. The van der Waals surface area contributed by atoms with Crippen LogP contribution in [-0.2, 0) is 17.7 Å². The van der Waals surface area contributed by atoms with Gasteiger partial charge >= 0.3 is 0 Å². The van der Waals surface area contributed by atoms with E-state index in [9.17, 15) is 4.79 Å². The first-order valence-electron chi connectivity index (χ1n) is 15.2. The number of fused-ring (bicyclic) bond motifs is 1. The Labute approximate surface area is 253 Å². The number of amides is 1. The molecule has 0 atom stereocenters. The molecule has 8 nitrogen and oxygen atoms in total. The maximum absolute atomic E-state index is 13.4. The lowest BCUT2D eigenvalue weighted by atomic mass is 9.85. The van der Waals surface area contributed by atoms with Crippen molar-refractivity contribution in [2.24, 2.45) is 28.0 Å². The van der Waals surface area contributed by atoms with Crippen LogP contribution >= 0.6 is 11.3 Å². The average Bonchev–Trinajstić information content (AvgIpc) is 3.40. The number of hydrazone groups is 1. The summed E-state index contributed by atoms with van der Waals surface area (Å²) in [7, 11) is 0. The van der Waals surface area contributed by atoms with Gasteiger partial charge in [-0.1, -0.05) is 82.3 Å². The smallest absolute Gasteiger partial charge is 0.280 e. The van der Waals surface area contributed by atoms with E-state index >= 15 is 0 Å². The summed E-state index contributed by atoms with van der Waals surface area (Å²) in [6.07, 6.45) is 7.19. The highest BCUT2D eigenvalue weighted by Gasteiger charge is 2.31. The number of thiazole rings is 1. The van der Waals surface area contributed by atoms with Crippen molar-refractivity contribution in [3.63, 3.8) is 0 Å². The van der Waals surface area contributed by atoms with Crippen molar-refractivity contribution in [1.29, 1.82) is 0 Å². The normalized spacial score (nSPS) is 18.8. The van der Waals surface area contributed by atoms with Crippen molar-refractivity contribution < 1.29 is 9.53 Å². The summed E-state index contributed by atoms with van der Waals surface area (Å²) >= 11 is 1.49. The van der Waals surface area contributed by atoms with E-state index < -0.39 is 5.41 Å². The molecule has 5 N–H and O–H groups in total. The topological polar surface area (TPSA) is 119 Å². The van der Waals surface area contributed by atoms with E-state index in [0.29, 0.717) is 23.3 Å². The largest absolute Gasteiger partial charge is 0.385 e. The van der Waals surface area contributed by atoms with E-state index in [0.717, 1.165) is 48.9 Å². The molecule has 1 aliphatic heterocycles. The summed E-state index contributed by atoms with van der Waals surface area (Å²) in [6, 6.07) is 13.2. The number of nitrogens with zero attached hydrogens (tertiary/aromatic N) is 3. The van der Waals surface area contributed by atoms with Crippen LogP contribution in [0.1, 0.15) is 80.9 Å². The number of ether oxygens (including phenoxy) is 1. The molecule has 9 heteroatoms. The van der Waals surface area contributed by atoms with Gasteiger partial charge in [-0.05, 0) is 42.5 Å². The van der Waals surface area contributed by atoms with Crippen LogP contribution in [0, 0.1) is 11.3 Å². The van der Waals surface area contributed by atoms with Crippen LogP contribution < -0.4 is 16.9 Å². The van der Waals surface area contributed by atoms with Gasteiger partial charge in [0.1, 0.15) is 5.84 Å². The van der Waals surface area contributed by atoms with Gasteiger partial charge in [0.05, 0.1) is 23.8 Å². The zero-order chi connectivity index (χ0) is 29.9. The quantitative estimate of drug-likeness (QED) is 0.128. The van der Waals surface area contributed by atoms with Gasteiger partial charge in [-0.3, -0.25) is 9.69 Å². The summed E-state index contributed by atoms with van der Waals surface area (Å²) in [4.78, 5) is 22.0. The van der Waals surface area contributed by atoms with Crippen LogP contribution in [0.25, 0.3) is 21.2 Å². The number of nitrogens with one attached hydrogen (secondary N) is 1. The first-order valence-corrected chi connectivity index (χ1v) is 16.1. The lowest BCUT2D eigenvalue weighted by Crippen LogP contribution is -2.52. The van der Waals surface area contributed by atoms with Crippen LogP contribution in [0.5, 0.6) is 0 Å². The molecule has 0 bridgehead atoms. The zero-order valence-corrected chi connectivity index (χ0v) is 26.4. The van der Waals surface area contributed by atoms with Crippen LogP contribution in [-0.4, -0.2) is 53.5 Å².